The zero-order chi connectivity index (χ0) is 13.1. The van der Waals surface area contributed by atoms with E-state index in [0.29, 0.717) is 21.4 Å². The minimum atomic E-state index is -0.398. The number of phenolic OH excluding ortho intramolecular Hbond substituents is 1. The third kappa shape index (κ3) is 2.52. The number of carbonyl (C=O) groups excluding carboxylic acids is 1. The normalized spacial score (nSPS) is 9.78. The lowest BCUT2D eigenvalue weighted by atomic mass is 10.2. The Bertz CT molecular complexity index is 643. The Labute approximate surface area is 111 Å². The van der Waals surface area contributed by atoms with Gasteiger partial charge in [-0.25, -0.2) is 0 Å². The zero-order valence-electron chi connectivity index (χ0n) is 9.07. The van der Waals surface area contributed by atoms with Crippen molar-refractivity contribution in [1.82, 2.24) is 4.98 Å². The van der Waals surface area contributed by atoms with Crippen LogP contribution in [0.25, 0.3) is 0 Å². The number of nitriles is 1. The molecular formula is C12H8BrN3O2. The van der Waals surface area contributed by atoms with E-state index in [4.69, 9.17) is 5.26 Å². The molecule has 5 nitrogen and oxygen atoms in total. The van der Waals surface area contributed by atoms with Crippen LogP contribution in [-0.2, 0) is 0 Å². The van der Waals surface area contributed by atoms with Crippen molar-refractivity contribution in [3.63, 3.8) is 0 Å². The maximum absolute atomic E-state index is 11.8. The first-order valence-corrected chi connectivity index (χ1v) is 5.78. The van der Waals surface area contributed by atoms with Crippen LogP contribution in [-0.4, -0.2) is 16.0 Å². The van der Waals surface area contributed by atoms with Gasteiger partial charge in [-0.3, -0.25) is 4.79 Å². The number of aromatic nitrogens is 1. The van der Waals surface area contributed by atoms with E-state index < -0.39 is 5.91 Å². The Balaban J connectivity index is 2.19. The number of carbonyl (C=O) groups is 1. The number of aromatic hydroxyl groups is 1. The van der Waals surface area contributed by atoms with Crippen molar-refractivity contribution in [3.8, 4) is 11.8 Å². The van der Waals surface area contributed by atoms with Crippen LogP contribution in [0.15, 0.2) is 34.9 Å². The van der Waals surface area contributed by atoms with Gasteiger partial charge in [-0.05, 0) is 24.3 Å². The number of nitrogens with one attached hydrogen (secondary N) is 2. The van der Waals surface area contributed by atoms with Crippen LogP contribution in [0, 0.1) is 11.3 Å². The van der Waals surface area contributed by atoms with Crippen LogP contribution in [0.1, 0.15) is 16.1 Å². The lowest BCUT2D eigenvalue weighted by molar-refractivity contribution is 0.102. The van der Waals surface area contributed by atoms with Crippen LogP contribution in [0.5, 0.6) is 5.75 Å². The molecule has 0 saturated heterocycles. The summed E-state index contributed by atoms with van der Waals surface area (Å²) in [5, 5.41) is 20.8. The van der Waals surface area contributed by atoms with E-state index >= 15 is 0 Å². The number of H-pyrrole nitrogens is 1. The highest BCUT2D eigenvalue weighted by molar-refractivity contribution is 9.10. The minimum absolute atomic E-state index is 0.0335. The molecule has 6 heteroatoms. The highest BCUT2D eigenvalue weighted by Crippen LogP contribution is 2.27. The van der Waals surface area contributed by atoms with Crippen LogP contribution >= 0.6 is 15.9 Å². The molecule has 2 rings (SSSR count). The van der Waals surface area contributed by atoms with Crippen molar-refractivity contribution >= 4 is 27.5 Å². The van der Waals surface area contributed by atoms with Gasteiger partial charge in [-0.2, -0.15) is 5.26 Å². The number of halogens is 1. The standard InChI is InChI=1S/C12H8BrN3O2/c13-8-1-2-10(11(17)4-8)16-12(18)7-3-9(5-14)15-6-7/h1-4,6,15,17H,(H,16,18). The monoisotopic (exact) mass is 305 g/mol. The zero-order valence-corrected chi connectivity index (χ0v) is 10.7. The topological polar surface area (TPSA) is 88.9 Å². The summed E-state index contributed by atoms with van der Waals surface area (Å²) in [6, 6.07) is 8.09. The Morgan fingerprint density at radius 2 is 2.22 bits per heavy atom. The third-order valence-electron chi connectivity index (χ3n) is 2.27. The van der Waals surface area contributed by atoms with Crippen LogP contribution < -0.4 is 5.32 Å². The number of hydrogen-bond donors (Lipinski definition) is 3. The minimum Gasteiger partial charge on any atom is -0.506 e. The van der Waals surface area contributed by atoms with Gasteiger partial charge >= 0.3 is 0 Å². The van der Waals surface area contributed by atoms with E-state index in [-0.39, 0.29) is 5.75 Å². The Kier molecular flexibility index (Phi) is 3.35. The molecule has 18 heavy (non-hydrogen) atoms. The fourth-order valence-electron chi connectivity index (χ4n) is 1.39. The van der Waals surface area contributed by atoms with Gasteiger partial charge in [0.05, 0.1) is 11.3 Å². The highest BCUT2D eigenvalue weighted by Gasteiger charge is 2.10. The third-order valence-corrected chi connectivity index (χ3v) is 2.77. The number of rotatable bonds is 2. The van der Waals surface area contributed by atoms with Crippen molar-refractivity contribution in [2.24, 2.45) is 0 Å². The summed E-state index contributed by atoms with van der Waals surface area (Å²) in [5.41, 5.74) is 0.942. The van der Waals surface area contributed by atoms with E-state index in [9.17, 15) is 9.90 Å². The van der Waals surface area contributed by atoms with Gasteiger partial charge in [0.2, 0.25) is 0 Å². The van der Waals surface area contributed by atoms with E-state index in [1.54, 1.807) is 12.1 Å². The summed E-state index contributed by atoms with van der Waals surface area (Å²) < 4.78 is 0.714. The molecule has 1 amide bonds. The molecule has 0 aliphatic heterocycles. The van der Waals surface area contributed by atoms with Crippen molar-refractivity contribution in [3.05, 3.63) is 46.2 Å². The SMILES string of the molecule is N#Cc1cc(C(=O)Nc2ccc(Br)cc2O)c[nH]1. The summed E-state index contributed by atoms with van der Waals surface area (Å²) in [6.45, 7) is 0. The Hall–Kier alpha value is -2.26. The molecular weight excluding hydrogens is 298 g/mol. The van der Waals surface area contributed by atoms with Gasteiger partial charge in [0, 0.05) is 10.7 Å². The molecule has 0 bridgehead atoms. The second-order valence-corrected chi connectivity index (χ2v) is 4.45. The van der Waals surface area contributed by atoms with Crippen molar-refractivity contribution in [2.75, 3.05) is 5.32 Å². The molecule has 0 unspecified atom stereocenters. The van der Waals surface area contributed by atoms with Gasteiger partial charge in [0.1, 0.15) is 17.5 Å². The summed E-state index contributed by atoms with van der Waals surface area (Å²) in [7, 11) is 0. The number of amides is 1. The fourth-order valence-corrected chi connectivity index (χ4v) is 1.74. The van der Waals surface area contributed by atoms with E-state index in [1.165, 1.54) is 18.3 Å². The van der Waals surface area contributed by atoms with Crippen molar-refractivity contribution in [1.29, 1.82) is 5.26 Å². The van der Waals surface area contributed by atoms with Gasteiger partial charge in [-0.1, -0.05) is 15.9 Å². The summed E-state index contributed by atoms with van der Waals surface area (Å²) in [4.78, 5) is 14.5. The van der Waals surface area contributed by atoms with Gasteiger partial charge < -0.3 is 15.4 Å². The average Bonchev–Trinajstić information content (AvgIpc) is 2.81. The molecule has 1 heterocycles. The van der Waals surface area contributed by atoms with E-state index in [2.05, 4.69) is 26.2 Å². The summed E-state index contributed by atoms with van der Waals surface area (Å²) in [5.74, 6) is -0.431. The molecule has 3 N–H and O–H groups in total. The number of benzene rings is 1. The van der Waals surface area contributed by atoms with Gasteiger partial charge in [0.15, 0.2) is 0 Å². The fraction of sp³-hybridized carbons (Fsp3) is 0. The maximum atomic E-state index is 11.8. The van der Waals surface area contributed by atoms with Crippen molar-refractivity contribution in [2.45, 2.75) is 0 Å². The molecule has 0 aliphatic carbocycles. The highest BCUT2D eigenvalue weighted by atomic mass is 79.9. The van der Waals surface area contributed by atoms with Gasteiger partial charge in [0.25, 0.3) is 5.91 Å². The van der Waals surface area contributed by atoms with Crippen LogP contribution in [0.3, 0.4) is 0 Å². The number of anilines is 1. The first-order valence-electron chi connectivity index (χ1n) is 4.98. The lowest BCUT2D eigenvalue weighted by Gasteiger charge is -2.06. The summed E-state index contributed by atoms with van der Waals surface area (Å²) in [6.07, 6.45) is 1.43. The van der Waals surface area contributed by atoms with E-state index in [0.717, 1.165) is 0 Å². The van der Waals surface area contributed by atoms with E-state index in [1.807, 2.05) is 6.07 Å². The second kappa shape index (κ2) is 4.94. The molecule has 0 spiro atoms. The van der Waals surface area contributed by atoms with Crippen LogP contribution in [0.2, 0.25) is 0 Å². The lowest BCUT2D eigenvalue weighted by Crippen LogP contribution is -2.10. The Morgan fingerprint density at radius 3 is 2.83 bits per heavy atom. The molecule has 2 aromatic rings. The molecule has 0 aliphatic rings. The maximum Gasteiger partial charge on any atom is 0.257 e. The molecule has 90 valence electrons. The molecule has 1 aromatic carbocycles. The predicted octanol–water partition coefficient (Wildman–Crippen LogP) is 2.61. The smallest absolute Gasteiger partial charge is 0.257 e. The molecule has 1 aromatic heterocycles. The molecule has 0 fully saturated rings. The number of phenols is 1. The first kappa shape index (κ1) is 12.2. The molecule has 0 atom stereocenters. The Morgan fingerprint density at radius 1 is 1.44 bits per heavy atom. The quantitative estimate of drug-likeness (QED) is 0.745. The van der Waals surface area contributed by atoms with Crippen molar-refractivity contribution < 1.29 is 9.90 Å². The largest absolute Gasteiger partial charge is 0.506 e. The number of aromatic amines is 1. The average molecular weight is 306 g/mol. The first-order chi connectivity index (χ1) is 8.60. The molecule has 0 radical (unpaired) electrons. The van der Waals surface area contributed by atoms with Gasteiger partial charge in [-0.15, -0.1) is 0 Å². The summed E-state index contributed by atoms with van der Waals surface area (Å²) >= 11 is 3.21. The second-order valence-electron chi connectivity index (χ2n) is 3.53. The number of hydrogen-bond acceptors (Lipinski definition) is 3. The molecule has 0 saturated carbocycles. The number of nitrogens with zero attached hydrogens (tertiary/aromatic N) is 1. The van der Waals surface area contributed by atoms with Crippen LogP contribution in [0.4, 0.5) is 5.69 Å². The predicted molar refractivity (Wildman–Crippen MR) is 69.3 cm³/mol.